The highest BCUT2D eigenvalue weighted by Crippen LogP contribution is 2.35. The van der Waals surface area contributed by atoms with Gasteiger partial charge < -0.3 is 4.57 Å². The average Bonchev–Trinajstić information content (AvgIpc) is 3.61. The predicted molar refractivity (Wildman–Crippen MR) is 201 cm³/mol. The molecule has 0 unspecified atom stereocenters. The summed E-state index contributed by atoms with van der Waals surface area (Å²) in [5.41, 5.74) is 6.12. The molecular weight excluding hydrogens is 597 g/mol. The van der Waals surface area contributed by atoms with Crippen molar-refractivity contribution in [1.82, 2.24) is 19.5 Å². The van der Waals surface area contributed by atoms with E-state index >= 15 is 0 Å². The molecule has 0 fully saturated rings. The maximum absolute atomic E-state index is 8.95. The lowest BCUT2D eigenvalue weighted by molar-refractivity contribution is 1.07. The molecule has 0 aliphatic heterocycles. The van der Waals surface area contributed by atoms with Gasteiger partial charge in [0.15, 0.2) is 17.5 Å². The van der Waals surface area contributed by atoms with Crippen molar-refractivity contribution in [2.24, 2.45) is 0 Å². The fourth-order valence-electron chi connectivity index (χ4n) is 6.09. The molecule has 7 aromatic carbocycles. The molecule has 0 aliphatic rings. The first-order valence-electron chi connectivity index (χ1n) is 20.2. The second-order valence-corrected chi connectivity index (χ2v) is 11.5. The molecule has 0 aliphatic carbocycles. The van der Waals surface area contributed by atoms with Crippen LogP contribution in [-0.4, -0.2) is 19.5 Å². The fraction of sp³-hybridized carbons (Fsp3) is 0. The summed E-state index contributed by atoms with van der Waals surface area (Å²) in [6, 6.07) is 36.7. The quantitative estimate of drug-likeness (QED) is 0.183. The van der Waals surface area contributed by atoms with E-state index in [-0.39, 0.29) is 47.3 Å². The minimum atomic E-state index is -0.493. The van der Waals surface area contributed by atoms with Gasteiger partial charge in [0.2, 0.25) is 0 Å². The van der Waals surface area contributed by atoms with Crippen LogP contribution in [0, 0.1) is 0 Å². The van der Waals surface area contributed by atoms with E-state index in [1.54, 1.807) is 22.8 Å². The maximum Gasteiger partial charge on any atom is 0.164 e. The Hall–Kier alpha value is -6.65. The number of aromatic nitrogens is 4. The Kier molecular flexibility index (Phi) is 5.11. The zero-order valence-electron chi connectivity index (χ0n) is 34.9. The molecule has 49 heavy (non-hydrogen) atoms. The van der Waals surface area contributed by atoms with Gasteiger partial charge in [0.1, 0.15) is 0 Å². The van der Waals surface area contributed by atoms with Crippen molar-refractivity contribution in [3.05, 3.63) is 182 Å². The highest BCUT2D eigenvalue weighted by Gasteiger charge is 2.15. The average molecular weight is 636 g/mol. The van der Waals surface area contributed by atoms with Crippen LogP contribution in [0.5, 0.6) is 0 Å². The molecule has 2 aromatic heterocycles. The van der Waals surface area contributed by atoms with Gasteiger partial charge >= 0.3 is 0 Å². The number of fused-ring (bicyclic) bond motifs is 3. The van der Waals surface area contributed by atoms with Crippen molar-refractivity contribution in [1.29, 1.82) is 0 Å². The van der Waals surface area contributed by atoms with Crippen LogP contribution in [0.15, 0.2) is 182 Å². The summed E-state index contributed by atoms with van der Waals surface area (Å²) in [4.78, 5) is 14.5. The Morgan fingerprint density at radius 1 is 0.367 bits per heavy atom. The Labute approximate surface area is 297 Å². The second kappa shape index (κ2) is 12.2. The van der Waals surface area contributed by atoms with Gasteiger partial charge in [-0.3, -0.25) is 0 Å². The molecule has 230 valence electrons. The van der Waals surface area contributed by atoms with Gasteiger partial charge in [-0.2, -0.15) is 0 Å². The normalized spacial score (nSPS) is 13.8. The summed E-state index contributed by atoms with van der Waals surface area (Å²) in [7, 11) is 0. The van der Waals surface area contributed by atoms with Crippen molar-refractivity contribution in [2.45, 2.75) is 0 Å². The van der Waals surface area contributed by atoms with E-state index in [0.717, 1.165) is 27.8 Å². The molecule has 0 N–H and O–H groups in total. The van der Waals surface area contributed by atoms with Gasteiger partial charge in [-0.1, -0.05) is 158 Å². The largest absolute Gasteiger partial charge is 0.309 e. The van der Waals surface area contributed by atoms with Gasteiger partial charge in [-0.05, 0) is 46.5 Å². The number of benzene rings is 7. The summed E-state index contributed by atoms with van der Waals surface area (Å²) < 4.78 is 78.2. The molecule has 0 amide bonds. The van der Waals surface area contributed by atoms with Gasteiger partial charge in [-0.25, -0.2) is 15.0 Å². The van der Waals surface area contributed by atoms with Crippen LogP contribution in [0.1, 0.15) is 12.3 Å². The first-order valence-corrected chi connectivity index (χ1v) is 15.7. The van der Waals surface area contributed by atoms with E-state index in [0.29, 0.717) is 45.0 Å². The SMILES string of the molecule is [2H]c1c([2H])c([2H])c(-c2ccc3c4c([2H])c([2H])c([2H])c([2H])c4n(-c4ccc(-c5ccc(-c6nc(-c7ccccc7)nc(-c7ccccc7)n6)cc5)cc4)c3c2)c([2H])c1[2H]. The Morgan fingerprint density at radius 2 is 0.857 bits per heavy atom. The number of para-hydroxylation sites is 1. The van der Waals surface area contributed by atoms with E-state index in [9.17, 15) is 0 Å². The predicted octanol–water partition coefficient (Wildman–Crippen LogP) is 11.3. The molecule has 4 heteroatoms. The van der Waals surface area contributed by atoms with E-state index in [1.165, 1.54) is 0 Å². The molecule has 9 aromatic rings. The molecular formula is C45H30N4. The molecule has 0 radical (unpaired) electrons. The molecule has 0 saturated carbocycles. The number of hydrogen-bond donors (Lipinski definition) is 0. The van der Waals surface area contributed by atoms with Crippen molar-refractivity contribution in [3.8, 4) is 62.1 Å². The minimum Gasteiger partial charge on any atom is -0.309 e. The van der Waals surface area contributed by atoms with Gasteiger partial charge in [0.25, 0.3) is 0 Å². The Balaban J connectivity index is 1.14. The topological polar surface area (TPSA) is 43.6 Å². The summed E-state index contributed by atoms with van der Waals surface area (Å²) in [6.07, 6.45) is 0. The maximum atomic E-state index is 8.95. The van der Waals surface area contributed by atoms with E-state index < -0.39 is 18.1 Å². The number of hydrogen-bond acceptors (Lipinski definition) is 3. The second-order valence-electron chi connectivity index (χ2n) is 11.5. The summed E-state index contributed by atoms with van der Waals surface area (Å²) >= 11 is 0. The zero-order valence-corrected chi connectivity index (χ0v) is 25.9. The molecule has 2 heterocycles. The van der Waals surface area contributed by atoms with Crippen LogP contribution in [0.25, 0.3) is 83.9 Å². The fourth-order valence-corrected chi connectivity index (χ4v) is 6.09. The van der Waals surface area contributed by atoms with Gasteiger partial charge in [-0.15, -0.1) is 0 Å². The Bertz CT molecular complexity index is 2990. The first kappa shape index (κ1) is 20.6. The third-order valence-electron chi connectivity index (χ3n) is 8.49. The van der Waals surface area contributed by atoms with Crippen molar-refractivity contribution in [3.63, 3.8) is 0 Å². The standard InChI is InChI=1S/C45H30N4/c1-4-12-31(13-5-1)37-26-29-40-39-18-10-11-19-41(39)49(42(40)30-37)38-27-24-33(25-28-38)32-20-22-36(23-21-32)45-47-43(34-14-6-2-7-15-34)46-44(48-45)35-16-8-3-9-17-35/h1-30H/i1D,4D,5D,10D,11D,12D,13D,18D,19D. The highest BCUT2D eigenvalue weighted by atomic mass is 15.0. The highest BCUT2D eigenvalue weighted by molar-refractivity contribution is 6.10. The summed E-state index contributed by atoms with van der Waals surface area (Å²) in [5, 5.41) is 0.847. The number of rotatable bonds is 6. The lowest BCUT2D eigenvalue weighted by atomic mass is 10.0. The van der Waals surface area contributed by atoms with Crippen LogP contribution >= 0.6 is 0 Å². The lowest BCUT2D eigenvalue weighted by Gasteiger charge is -2.11. The van der Waals surface area contributed by atoms with Crippen molar-refractivity contribution < 1.29 is 12.3 Å². The smallest absolute Gasteiger partial charge is 0.164 e. The van der Waals surface area contributed by atoms with E-state index in [4.69, 9.17) is 27.3 Å². The molecule has 0 atom stereocenters. The Morgan fingerprint density at radius 3 is 1.47 bits per heavy atom. The monoisotopic (exact) mass is 635 g/mol. The first-order chi connectivity index (χ1) is 28.0. The van der Waals surface area contributed by atoms with E-state index in [2.05, 4.69) is 0 Å². The van der Waals surface area contributed by atoms with Crippen LogP contribution < -0.4 is 0 Å². The van der Waals surface area contributed by atoms with Gasteiger partial charge in [0.05, 0.1) is 23.4 Å². The zero-order chi connectivity index (χ0) is 40.4. The van der Waals surface area contributed by atoms with Crippen LogP contribution in [0.2, 0.25) is 0 Å². The molecule has 4 nitrogen and oxygen atoms in total. The molecule has 0 spiro atoms. The third-order valence-corrected chi connectivity index (χ3v) is 8.49. The van der Waals surface area contributed by atoms with Crippen LogP contribution in [0.3, 0.4) is 0 Å². The third kappa shape index (κ3) is 5.35. The van der Waals surface area contributed by atoms with Gasteiger partial charge in [0, 0.05) is 33.2 Å². The molecule has 0 saturated heterocycles. The van der Waals surface area contributed by atoms with Crippen molar-refractivity contribution in [2.75, 3.05) is 0 Å². The molecule has 0 bridgehead atoms. The summed E-state index contributed by atoms with van der Waals surface area (Å²) in [5.74, 6) is 1.67. The molecule has 9 rings (SSSR count). The van der Waals surface area contributed by atoms with Crippen LogP contribution in [-0.2, 0) is 0 Å². The minimum absolute atomic E-state index is 0.0211. The van der Waals surface area contributed by atoms with Crippen LogP contribution in [0.4, 0.5) is 0 Å². The number of nitrogens with zero attached hydrogens (tertiary/aromatic N) is 4. The van der Waals surface area contributed by atoms with Crippen molar-refractivity contribution >= 4 is 21.8 Å². The van der Waals surface area contributed by atoms with E-state index in [1.807, 2.05) is 109 Å². The lowest BCUT2D eigenvalue weighted by Crippen LogP contribution is -2.00. The summed E-state index contributed by atoms with van der Waals surface area (Å²) in [6.45, 7) is 0.